The Hall–Kier alpha value is -3.40. The minimum Gasteiger partial charge on any atom is -0.481 e. The lowest BCUT2D eigenvalue weighted by atomic mass is 10.1. The number of thioether (sulfide) groups is 1. The van der Waals surface area contributed by atoms with E-state index in [-0.39, 0.29) is 19.3 Å². The Labute approximate surface area is 198 Å². The van der Waals surface area contributed by atoms with Gasteiger partial charge in [0.2, 0.25) is 29.5 Å². The Morgan fingerprint density at radius 3 is 1.76 bits per heavy atom. The second-order valence-corrected chi connectivity index (χ2v) is 8.17. The fourth-order valence-corrected chi connectivity index (χ4v) is 3.04. The van der Waals surface area contributed by atoms with E-state index in [0.717, 1.165) is 0 Å². The van der Waals surface area contributed by atoms with E-state index in [1.54, 1.807) is 6.26 Å². The number of nitrogens with one attached hydrogen (secondary N) is 3. The number of aliphatic carboxylic acids is 2. The highest BCUT2D eigenvalue weighted by molar-refractivity contribution is 7.98. The van der Waals surface area contributed by atoms with Crippen molar-refractivity contribution < 1.29 is 43.8 Å². The number of primary amides is 2. The second-order valence-electron chi connectivity index (χ2n) is 7.18. The maximum Gasteiger partial charge on any atom is 0.326 e. The van der Waals surface area contributed by atoms with Crippen LogP contribution in [-0.4, -0.2) is 87.9 Å². The first-order valence-corrected chi connectivity index (χ1v) is 11.3. The molecule has 11 N–H and O–H groups in total. The predicted molar refractivity (Wildman–Crippen MR) is 119 cm³/mol. The topological polar surface area (TPSA) is 274 Å². The number of rotatable bonds is 17. The van der Waals surface area contributed by atoms with Crippen LogP contribution in [0, 0.1) is 0 Å². The van der Waals surface area contributed by atoms with E-state index in [0.29, 0.717) is 5.75 Å². The smallest absolute Gasteiger partial charge is 0.326 e. The Bertz CT molecular complexity index is 794. The molecular weight excluding hydrogens is 476 g/mol. The van der Waals surface area contributed by atoms with Crippen LogP contribution in [0.3, 0.4) is 0 Å². The summed E-state index contributed by atoms with van der Waals surface area (Å²) in [4.78, 5) is 81.9. The predicted octanol–water partition coefficient (Wildman–Crippen LogP) is -3.78. The van der Waals surface area contributed by atoms with Crippen LogP contribution in [-0.2, 0) is 33.6 Å². The zero-order chi connectivity index (χ0) is 26.4. The largest absolute Gasteiger partial charge is 0.481 e. The summed E-state index contributed by atoms with van der Waals surface area (Å²) in [5.74, 6) is -7.16. The van der Waals surface area contributed by atoms with E-state index in [1.807, 2.05) is 0 Å². The molecule has 0 aliphatic carbocycles. The maximum absolute atomic E-state index is 12.7. The molecular formula is C18H30N6O9S. The van der Waals surface area contributed by atoms with Crippen LogP contribution in [0.5, 0.6) is 0 Å². The first-order chi connectivity index (χ1) is 15.8. The Kier molecular flexibility index (Phi) is 13.9. The highest BCUT2D eigenvalue weighted by Crippen LogP contribution is 2.05. The molecule has 4 unspecified atom stereocenters. The van der Waals surface area contributed by atoms with E-state index >= 15 is 0 Å². The summed E-state index contributed by atoms with van der Waals surface area (Å²) >= 11 is 1.34. The molecule has 0 fully saturated rings. The van der Waals surface area contributed by atoms with Crippen molar-refractivity contribution in [2.45, 2.75) is 56.3 Å². The Morgan fingerprint density at radius 1 is 0.765 bits per heavy atom. The zero-order valence-electron chi connectivity index (χ0n) is 18.4. The monoisotopic (exact) mass is 506 g/mol. The van der Waals surface area contributed by atoms with E-state index in [2.05, 4.69) is 16.0 Å². The number of hydrogen-bond donors (Lipinski definition) is 8. The van der Waals surface area contributed by atoms with Gasteiger partial charge in [-0.1, -0.05) is 0 Å². The van der Waals surface area contributed by atoms with E-state index in [1.165, 1.54) is 11.8 Å². The molecule has 0 aromatic heterocycles. The number of carboxylic acid groups (broad SMARTS) is 2. The normalized spacial score (nSPS) is 14.1. The summed E-state index contributed by atoms with van der Waals surface area (Å²) in [5.41, 5.74) is 15.5. The van der Waals surface area contributed by atoms with E-state index in [9.17, 15) is 38.7 Å². The van der Waals surface area contributed by atoms with Gasteiger partial charge in [0.05, 0.1) is 18.9 Å². The van der Waals surface area contributed by atoms with Crippen LogP contribution in [0.15, 0.2) is 0 Å². The Morgan fingerprint density at radius 2 is 1.29 bits per heavy atom. The molecule has 16 heteroatoms. The van der Waals surface area contributed by atoms with Crippen molar-refractivity contribution in [1.29, 1.82) is 0 Å². The van der Waals surface area contributed by atoms with Crippen LogP contribution in [0.2, 0.25) is 0 Å². The van der Waals surface area contributed by atoms with Crippen molar-refractivity contribution in [2.75, 3.05) is 12.0 Å². The minimum atomic E-state index is -1.70. The molecule has 0 radical (unpaired) electrons. The average molecular weight is 507 g/mol. The molecule has 0 aromatic rings. The molecule has 0 rings (SSSR count). The van der Waals surface area contributed by atoms with E-state index < -0.39 is 78.5 Å². The number of carboxylic acids is 2. The number of carbonyl (C=O) groups excluding carboxylic acids is 5. The van der Waals surface area contributed by atoms with Gasteiger partial charge in [0.15, 0.2) is 0 Å². The van der Waals surface area contributed by atoms with Gasteiger partial charge in [0, 0.05) is 6.42 Å². The summed E-state index contributed by atoms with van der Waals surface area (Å²) in [6, 6.07) is -5.84. The van der Waals surface area contributed by atoms with Crippen molar-refractivity contribution in [3.05, 3.63) is 0 Å². The van der Waals surface area contributed by atoms with Gasteiger partial charge >= 0.3 is 11.9 Å². The van der Waals surface area contributed by atoms with E-state index in [4.69, 9.17) is 22.3 Å². The van der Waals surface area contributed by atoms with Crippen LogP contribution < -0.4 is 33.2 Å². The van der Waals surface area contributed by atoms with Crippen LogP contribution in [0.1, 0.15) is 32.1 Å². The van der Waals surface area contributed by atoms with Gasteiger partial charge < -0.3 is 43.4 Å². The third-order valence-electron chi connectivity index (χ3n) is 4.31. The van der Waals surface area contributed by atoms with Crippen molar-refractivity contribution in [3.8, 4) is 0 Å². The molecule has 34 heavy (non-hydrogen) atoms. The second kappa shape index (κ2) is 15.4. The molecule has 0 aliphatic heterocycles. The van der Waals surface area contributed by atoms with Gasteiger partial charge in [0.1, 0.15) is 18.1 Å². The standard InChI is InChI=1S/C18H30N6O9S/c1-34-5-4-9(22-15(29)8(19)6-13(21)26)16(30)24-11(7-14(27)28)17(31)23-10(18(32)33)2-3-12(20)25/h8-11H,2-7,19H2,1H3,(H2,20,25)(H2,21,26)(H,22,29)(H,23,31)(H,24,30)(H,27,28)(H,32,33). The molecule has 15 nitrogen and oxygen atoms in total. The molecule has 192 valence electrons. The first-order valence-electron chi connectivity index (χ1n) is 9.95. The molecule has 5 amide bonds. The highest BCUT2D eigenvalue weighted by atomic mass is 32.2. The molecule has 0 aliphatic rings. The van der Waals surface area contributed by atoms with Crippen molar-refractivity contribution in [3.63, 3.8) is 0 Å². The zero-order valence-corrected chi connectivity index (χ0v) is 19.3. The number of nitrogens with two attached hydrogens (primary N) is 3. The maximum atomic E-state index is 12.7. The highest BCUT2D eigenvalue weighted by Gasteiger charge is 2.31. The van der Waals surface area contributed by atoms with Gasteiger partial charge in [0.25, 0.3) is 0 Å². The van der Waals surface area contributed by atoms with Crippen molar-refractivity contribution >= 4 is 53.2 Å². The number of amides is 5. The fourth-order valence-electron chi connectivity index (χ4n) is 2.57. The van der Waals surface area contributed by atoms with Gasteiger partial charge in [-0.25, -0.2) is 4.79 Å². The van der Waals surface area contributed by atoms with Crippen molar-refractivity contribution in [2.24, 2.45) is 17.2 Å². The first kappa shape index (κ1) is 30.6. The molecule has 0 spiro atoms. The lowest BCUT2D eigenvalue weighted by Crippen LogP contribution is -2.57. The number of carbonyl (C=O) groups is 7. The molecule has 0 bridgehead atoms. The van der Waals surface area contributed by atoms with Crippen LogP contribution in [0.25, 0.3) is 0 Å². The Balaban J connectivity index is 5.50. The minimum absolute atomic E-state index is 0.0693. The third-order valence-corrected chi connectivity index (χ3v) is 4.95. The summed E-state index contributed by atoms with van der Waals surface area (Å²) in [6.45, 7) is 0. The summed E-state index contributed by atoms with van der Waals surface area (Å²) in [7, 11) is 0. The van der Waals surface area contributed by atoms with Gasteiger partial charge in [-0.2, -0.15) is 11.8 Å². The lowest BCUT2D eigenvalue weighted by molar-refractivity contribution is -0.143. The van der Waals surface area contributed by atoms with Crippen molar-refractivity contribution in [1.82, 2.24) is 16.0 Å². The fraction of sp³-hybridized carbons (Fsp3) is 0.611. The molecule has 0 saturated heterocycles. The number of hydrogen-bond acceptors (Lipinski definition) is 9. The molecule has 0 aromatic carbocycles. The average Bonchev–Trinajstić information content (AvgIpc) is 2.71. The quantitative estimate of drug-likeness (QED) is 0.0947. The van der Waals surface area contributed by atoms with Gasteiger partial charge in [-0.15, -0.1) is 0 Å². The van der Waals surface area contributed by atoms with Gasteiger partial charge in [-0.05, 0) is 24.9 Å². The summed E-state index contributed by atoms with van der Waals surface area (Å²) in [6.07, 6.45) is -0.289. The molecule has 0 saturated carbocycles. The lowest BCUT2D eigenvalue weighted by Gasteiger charge is -2.24. The van der Waals surface area contributed by atoms with Crippen LogP contribution in [0.4, 0.5) is 0 Å². The molecule has 0 heterocycles. The summed E-state index contributed by atoms with van der Waals surface area (Å²) < 4.78 is 0. The SMILES string of the molecule is CSCCC(NC(=O)C(N)CC(N)=O)C(=O)NC(CC(=O)O)C(=O)NC(CCC(N)=O)C(=O)O. The van der Waals surface area contributed by atoms with Crippen LogP contribution >= 0.6 is 11.8 Å². The summed E-state index contributed by atoms with van der Waals surface area (Å²) in [5, 5.41) is 24.9. The third kappa shape index (κ3) is 12.6. The molecule has 4 atom stereocenters. The van der Waals surface area contributed by atoms with Gasteiger partial charge in [-0.3, -0.25) is 28.8 Å².